The number of rotatable bonds is 8. The maximum atomic E-state index is 3.91. The van der Waals surface area contributed by atoms with Crippen LogP contribution in [0.5, 0.6) is 0 Å². The van der Waals surface area contributed by atoms with Gasteiger partial charge in [0.15, 0.2) is 0 Å². The highest BCUT2D eigenvalue weighted by Crippen LogP contribution is 2.37. The van der Waals surface area contributed by atoms with Crippen LogP contribution >= 0.6 is 15.9 Å². The topological polar surface area (TPSA) is 12.0 Å². The summed E-state index contributed by atoms with van der Waals surface area (Å²) in [6, 6.07) is 28.0. The number of halogens is 1. The normalized spacial score (nSPS) is 11.2. The molecule has 2 heteroatoms. The molecule has 1 nitrogen and oxygen atoms in total. The van der Waals surface area contributed by atoms with E-state index >= 15 is 0 Å². The smallest absolute Gasteiger partial charge is 0.0340 e. The highest BCUT2D eigenvalue weighted by molar-refractivity contribution is 9.10. The van der Waals surface area contributed by atoms with Crippen molar-refractivity contribution in [2.45, 2.75) is 32.1 Å². The Morgan fingerprint density at radius 2 is 1.14 bits per heavy atom. The maximum Gasteiger partial charge on any atom is 0.0340 e. The van der Waals surface area contributed by atoms with Crippen LogP contribution in [0.1, 0.15) is 31.2 Å². The minimum atomic E-state index is 1.05. The van der Waals surface area contributed by atoms with Crippen molar-refractivity contribution < 1.29 is 0 Å². The van der Waals surface area contributed by atoms with Gasteiger partial charge in [0.25, 0.3) is 0 Å². The van der Waals surface area contributed by atoms with Crippen LogP contribution in [0.4, 0.5) is 5.69 Å². The van der Waals surface area contributed by atoms with Crippen molar-refractivity contribution in [3.05, 3.63) is 88.9 Å². The molecule has 0 aliphatic carbocycles. The van der Waals surface area contributed by atoms with Crippen LogP contribution in [0, 0.1) is 0 Å². The van der Waals surface area contributed by atoms with E-state index < -0.39 is 0 Å². The van der Waals surface area contributed by atoms with Crippen LogP contribution in [-0.2, 0) is 6.42 Å². The Hall–Kier alpha value is -2.32. The van der Waals surface area contributed by atoms with Crippen LogP contribution in [0.15, 0.2) is 83.3 Å². The van der Waals surface area contributed by atoms with Gasteiger partial charge >= 0.3 is 0 Å². The van der Waals surface area contributed by atoms with E-state index in [-0.39, 0.29) is 0 Å². The third-order valence-corrected chi connectivity index (χ3v) is 6.33. The second-order valence-electron chi connectivity index (χ2n) is 7.34. The Labute approximate surface area is 175 Å². The minimum absolute atomic E-state index is 1.05. The maximum absolute atomic E-state index is 3.91. The number of anilines is 1. The first-order valence-electron chi connectivity index (χ1n) is 10.2. The third-order valence-electron chi connectivity index (χ3n) is 5.43. The fraction of sp³-hybridized carbons (Fsp3) is 0.231. The predicted octanol–water partition coefficient (Wildman–Crippen LogP) is 7.97. The molecule has 0 amide bonds. The number of para-hydroxylation sites is 1. The fourth-order valence-corrected chi connectivity index (χ4v) is 4.74. The van der Waals surface area contributed by atoms with Crippen molar-refractivity contribution in [2.75, 3.05) is 11.9 Å². The Bertz CT molecular complexity index is 1060. The summed E-state index contributed by atoms with van der Waals surface area (Å²) in [6.07, 6.45) is 6.10. The monoisotopic (exact) mass is 431 g/mol. The Kier molecular flexibility index (Phi) is 6.28. The second-order valence-corrected chi connectivity index (χ2v) is 8.13. The number of fused-ring (bicyclic) bond motifs is 3. The van der Waals surface area contributed by atoms with E-state index in [1.54, 1.807) is 0 Å². The average molecular weight is 432 g/mol. The largest absolute Gasteiger partial charge is 0.385 e. The molecule has 28 heavy (non-hydrogen) atoms. The summed E-state index contributed by atoms with van der Waals surface area (Å²) >= 11 is 3.91. The van der Waals surface area contributed by atoms with Crippen molar-refractivity contribution in [1.29, 1.82) is 0 Å². The third kappa shape index (κ3) is 4.23. The molecule has 142 valence electrons. The average Bonchev–Trinajstić information content (AvgIpc) is 2.76. The van der Waals surface area contributed by atoms with Crippen LogP contribution in [0.25, 0.3) is 21.5 Å². The summed E-state index contributed by atoms with van der Waals surface area (Å²) < 4.78 is 1.27. The van der Waals surface area contributed by atoms with Crippen molar-refractivity contribution in [1.82, 2.24) is 0 Å². The minimum Gasteiger partial charge on any atom is -0.385 e. The first kappa shape index (κ1) is 19.0. The summed E-state index contributed by atoms with van der Waals surface area (Å²) in [5.74, 6) is 0. The van der Waals surface area contributed by atoms with Gasteiger partial charge in [0, 0.05) is 16.7 Å². The van der Waals surface area contributed by atoms with Crippen LogP contribution in [0.3, 0.4) is 0 Å². The van der Waals surface area contributed by atoms with Gasteiger partial charge in [-0.3, -0.25) is 0 Å². The highest BCUT2D eigenvalue weighted by atomic mass is 79.9. The molecule has 4 aromatic carbocycles. The summed E-state index contributed by atoms with van der Waals surface area (Å²) in [4.78, 5) is 0. The summed E-state index contributed by atoms with van der Waals surface area (Å²) in [6.45, 7) is 1.05. The number of nitrogens with one attached hydrogen (secondary N) is 1. The quantitative estimate of drug-likeness (QED) is 0.220. The van der Waals surface area contributed by atoms with E-state index in [4.69, 9.17) is 0 Å². The van der Waals surface area contributed by atoms with E-state index in [1.165, 1.54) is 63.0 Å². The van der Waals surface area contributed by atoms with Gasteiger partial charge in [-0.15, -0.1) is 0 Å². The highest BCUT2D eigenvalue weighted by Gasteiger charge is 2.11. The molecule has 0 fully saturated rings. The SMILES string of the molecule is Brc1c(CCCCCCNc2ccccc2)c2ccccc2c2ccccc12. The van der Waals surface area contributed by atoms with Gasteiger partial charge in [-0.05, 0) is 74.4 Å². The molecule has 0 heterocycles. The lowest BCUT2D eigenvalue weighted by Crippen LogP contribution is -2.01. The van der Waals surface area contributed by atoms with Crippen LogP contribution in [0.2, 0.25) is 0 Å². The number of aryl methyl sites for hydroxylation is 1. The molecule has 0 unspecified atom stereocenters. The first-order valence-corrected chi connectivity index (χ1v) is 11.0. The van der Waals surface area contributed by atoms with Crippen molar-refractivity contribution >= 4 is 43.2 Å². The predicted molar refractivity (Wildman–Crippen MR) is 126 cm³/mol. The van der Waals surface area contributed by atoms with Crippen molar-refractivity contribution in [2.24, 2.45) is 0 Å². The molecule has 0 saturated heterocycles. The summed E-state index contributed by atoms with van der Waals surface area (Å²) in [5.41, 5.74) is 2.67. The first-order chi connectivity index (χ1) is 13.8. The van der Waals surface area contributed by atoms with Gasteiger partial charge in [-0.1, -0.05) is 79.6 Å². The summed E-state index contributed by atoms with van der Waals surface area (Å²) in [7, 11) is 0. The summed E-state index contributed by atoms with van der Waals surface area (Å²) in [5, 5.41) is 8.91. The van der Waals surface area contributed by atoms with E-state index in [1.807, 2.05) is 0 Å². The van der Waals surface area contributed by atoms with Crippen LogP contribution < -0.4 is 5.32 Å². The molecule has 4 rings (SSSR count). The number of hydrogen-bond donors (Lipinski definition) is 1. The zero-order chi connectivity index (χ0) is 19.2. The molecular weight excluding hydrogens is 406 g/mol. The zero-order valence-electron chi connectivity index (χ0n) is 16.1. The molecule has 0 radical (unpaired) electrons. The zero-order valence-corrected chi connectivity index (χ0v) is 17.7. The molecular formula is C26H26BrN. The number of unbranched alkanes of at least 4 members (excludes halogenated alkanes) is 3. The molecule has 0 spiro atoms. The lowest BCUT2D eigenvalue weighted by molar-refractivity contribution is 0.655. The van der Waals surface area contributed by atoms with E-state index in [0.717, 1.165) is 13.0 Å². The lowest BCUT2D eigenvalue weighted by atomic mass is 9.94. The molecule has 0 atom stereocenters. The van der Waals surface area contributed by atoms with Crippen molar-refractivity contribution in [3.63, 3.8) is 0 Å². The number of hydrogen-bond acceptors (Lipinski definition) is 1. The molecule has 0 aliphatic heterocycles. The molecule has 0 aliphatic rings. The van der Waals surface area contributed by atoms with Gasteiger partial charge in [-0.2, -0.15) is 0 Å². The molecule has 0 bridgehead atoms. The Morgan fingerprint density at radius 1 is 0.571 bits per heavy atom. The molecule has 0 aromatic heterocycles. The number of benzene rings is 4. The van der Waals surface area contributed by atoms with Gasteiger partial charge in [-0.25, -0.2) is 0 Å². The molecule has 0 saturated carbocycles. The van der Waals surface area contributed by atoms with Crippen LogP contribution in [-0.4, -0.2) is 6.54 Å². The Morgan fingerprint density at radius 3 is 1.89 bits per heavy atom. The second kappa shape index (κ2) is 9.25. The van der Waals surface area contributed by atoms with Gasteiger partial charge in [0.05, 0.1) is 0 Å². The standard InChI is InChI=1S/C26H26BrN/c27-26-24(17-6-1-2-11-19-28-20-12-4-3-5-13-20)22-15-8-7-14-21(22)23-16-9-10-18-25(23)26/h3-5,7-10,12-16,18,28H,1-2,6,11,17,19H2. The van der Waals surface area contributed by atoms with E-state index in [0.29, 0.717) is 0 Å². The van der Waals surface area contributed by atoms with Crippen molar-refractivity contribution in [3.8, 4) is 0 Å². The van der Waals surface area contributed by atoms with E-state index in [9.17, 15) is 0 Å². The molecule has 1 N–H and O–H groups in total. The molecule has 4 aromatic rings. The van der Waals surface area contributed by atoms with Gasteiger partial charge < -0.3 is 5.32 Å². The van der Waals surface area contributed by atoms with E-state index in [2.05, 4.69) is 100 Å². The van der Waals surface area contributed by atoms with Gasteiger partial charge in [0.1, 0.15) is 0 Å². The lowest BCUT2D eigenvalue weighted by Gasteiger charge is -2.14. The Balaban J connectivity index is 1.37. The van der Waals surface area contributed by atoms with Gasteiger partial charge in [0.2, 0.25) is 0 Å². The fourth-order valence-electron chi connectivity index (χ4n) is 3.98.